The second-order valence-corrected chi connectivity index (χ2v) is 5.49. The van der Waals surface area contributed by atoms with Crippen LogP contribution in [0, 0.1) is 0 Å². The van der Waals surface area contributed by atoms with E-state index in [-0.39, 0.29) is 5.41 Å². The Bertz CT molecular complexity index is 499. The molecule has 1 aromatic carbocycles. The Kier molecular flexibility index (Phi) is 1.76. The zero-order valence-electron chi connectivity index (χ0n) is 9.70. The third kappa shape index (κ3) is 1.08. The van der Waals surface area contributed by atoms with Crippen molar-refractivity contribution in [3.05, 3.63) is 29.8 Å². The third-order valence-corrected chi connectivity index (χ3v) is 4.79. The van der Waals surface area contributed by atoms with E-state index in [0.717, 1.165) is 13.0 Å². The van der Waals surface area contributed by atoms with Gasteiger partial charge in [0.05, 0.1) is 0 Å². The van der Waals surface area contributed by atoms with Crippen molar-refractivity contribution >= 4 is 11.5 Å². The fourth-order valence-electron chi connectivity index (χ4n) is 4.09. The summed E-state index contributed by atoms with van der Waals surface area (Å²) < 4.78 is 0. The number of anilines is 1. The number of carbonyl (C=O) groups excluding carboxylic acids is 1. The van der Waals surface area contributed by atoms with Crippen LogP contribution in [0.1, 0.15) is 24.8 Å². The standard InChI is InChI=1S/C14H16N2O/c17-9-7-12-14(5-6-15-12)10-3-1-2-4-11(10)16-13(14)8-9/h1-4,12-13,15-16H,5-8H2/t12-,13-,14+/m0/s1. The molecule has 0 unspecified atom stereocenters. The van der Waals surface area contributed by atoms with Crippen molar-refractivity contribution in [3.8, 4) is 0 Å². The Morgan fingerprint density at radius 3 is 2.94 bits per heavy atom. The highest BCUT2D eigenvalue weighted by Crippen LogP contribution is 2.51. The lowest BCUT2D eigenvalue weighted by molar-refractivity contribution is -0.122. The molecule has 1 aromatic rings. The fraction of sp³-hybridized carbons (Fsp3) is 0.500. The SMILES string of the molecule is O=C1C[C@@H]2NCC[C@@]23c2ccccc2N[C@H]3C1. The quantitative estimate of drug-likeness (QED) is 0.706. The number of benzene rings is 1. The van der Waals surface area contributed by atoms with Crippen LogP contribution < -0.4 is 10.6 Å². The van der Waals surface area contributed by atoms with Gasteiger partial charge in [-0.15, -0.1) is 0 Å². The van der Waals surface area contributed by atoms with Crippen molar-refractivity contribution in [3.63, 3.8) is 0 Å². The summed E-state index contributed by atoms with van der Waals surface area (Å²) in [6.07, 6.45) is 2.54. The van der Waals surface area contributed by atoms with E-state index in [4.69, 9.17) is 0 Å². The van der Waals surface area contributed by atoms with Crippen LogP contribution in [0.5, 0.6) is 0 Å². The van der Waals surface area contributed by atoms with E-state index >= 15 is 0 Å². The van der Waals surface area contributed by atoms with Crippen LogP contribution in [0.25, 0.3) is 0 Å². The molecule has 1 saturated heterocycles. The molecule has 88 valence electrons. The summed E-state index contributed by atoms with van der Waals surface area (Å²) >= 11 is 0. The van der Waals surface area contributed by atoms with Gasteiger partial charge in [0.2, 0.25) is 0 Å². The van der Waals surface area contributed by atoms with E-state index in [1.807, 2.05) is 0 Å². The Morgan fingerprint density at radius 2 is 2.00 bits per heavy atom. The predicted molar refractivity (Wildman–Crippen MR) is 66.2 cm³/mol. The van der Waals surface area contributed by atoms with Gasteiger partial charge in [0.1, 0.15) is 5.78 Å². The lowest BCUT2D eigenvalue weighted by atomic mass is 9.65. The van der Waals surface area contributed by atoms with Crippen molar-refractivity contribution in [2.75, 3.05) is 11.9 Å². The minimum absolute atomic E-state index is 0.171. The molecule has 3 nitrogen and oxygen atoms in total. The smallest absolute Gasteiger partial charge is 0.136 e. The van der Waals surface area contributed by atoms with Crippen molar-refractivity contribution < 1.29 is 4.79 Å². The number of para-hydroxylation sites is 1. The zero-order chi connectivity index (χ0) is 11.5. The molecular formula is C14H16N2O. The molecule has 0 bridgehead atoms. The number of rotatable bonds is 0. The van der Waals surface area contributed by atoms with Gasteiger partial charge < -0.3 is 10.6 Å². The number of nitrogens with one attached hydrogen (secondary N) is 2. The molecule has 2 N–H and O–H groups in total. The maximum atomic E-state index is 11.8. The number of hydrogen-bond acceptors (Lipinski definition) is 3. The Balaban J connectivity index is 1.90. The summed E-state index contributed by atoms with van der Waals surface area (Å²) in [7, 11) is 0. The number of Topliss-reactive ketones (excluding diaryl/α,β-unsaturated/α-hetero) is 1. The summed E-state index contributed by atoms with van der Waals surface area (Å²) in [4.78, 5) is 11.8. The average molecular weight is 228 g/mol. The molecular weight excluding hydrogens is 212 g/mol. The van der Waals surface area contributed by atoms with Gasteiger partial charge in [-0.1, -0.05) is 18.2 Å². The van der Waals surface area contributed by atoms with E-state index in [0.29, 0.717) is 30.7 Å². The molecule has 0 amide bonds. The van der Waals surface area contributed by atoms with Gasteiger partial charge in [0, 0.05) is 36.0 Å². The topological polar surface area (TPSA) is 41.1 Å². The summed E-state index contributed by atoms with van der Waals surface area (Å²) in [5.41, 5.74) is 2.83. The molecule has 0 radical (unpaired) electrons. The van der Waals surface area contributed by atoms with Gasteiger partial charge in [-0.25, -0.2) is 0 Å². The number of hydrogen-bond donors (Lipinski definition) is 2. The highest BCUT2D eigenvalue weighted by Gasteiger charge is 2.57. The molecule has 3 aliphatic rings. The molecule has 2 fully saturated rings. The van der Waals surface area contributed by atoms with Crippen molar-refractivity contribution in [2.45, 2.75) is 36.8 Å². The molecule has 1 spiro atoms. The maximum absolute atomic E-state index is 11.8. The van der Waals surface area contributed by atoms with Crippen molar-refractivity contribution in [1.29, 1.82) is 0 Å². The molecule has 3 heteroatoms. The first-order chi connectivity index (χ1) is 8.30. The van der Waals surface area contributed by atoms with Crippen LogP contribution in [0.4, 0.5) is 5.69 Å². The first kappa shape index (κ1) is 9.66. The monoisotopic (exact) mass is 228 g/mol. The first-order valence-corrected chi connectivity index (χ1v) is 6.42. The lowest BCUT2D eigenvalue weighted by Gasteiger charge is -2.40. The van der Waals surface area contributed by atoms with E-state index in [2.05, 4.69) is 34.9 Å². The summed E-state index contributed by atoms with van der Waals surface area (Å²) in [5.74, 6) is 0.394. The van der Waals surface area contributed by atoms with Crippen molar-refractivity contribution in [2.24, 2.45) is 0 Å². The Hall–Kier alpha value is -1.35. The van der Waals surface area contributed by atoms with Gasteiger partial charge in [0.15, 0.2) is 0 Å². The van der Waals surface area contributed by atoms with Gasteiger partial charge in [0.25, 0.3) is 0 Å². The second kappa shape index (κ2) is 3.10. The molecule has 3 atom stereocenters. The molecule has 1 aliphatic carbocycles. The Labute approximate surface area is 101 Å². The van der Waals surface area contributed by atoms with Crippen LogP contribution in [0.15, 0.2) is 24.3 Å². The average Bonchev–Trinajstić information content (AvgIpc) is 2.86. The predicted octanol–water partition coefficient (Wildman–Crippen LogP) is 1.44. The molecule has 4 rings (SSSR count). The lowest BCUT2D eigenvalue weighted by Crippen LogP contribution is -2.53. The minimum Gasteiger partial charge on any atom is -0.381 e. The third-order valence-electron chi connectivity index (χ3n) is 4.79. The molecule has 2 heterocycles. The van der Waals surface area contributed by atoms with E-state index in [9.17, 15) is 4.79 Å². The van der Waals surface area contributed by atoms with E-state index < -0.39 is 0 Å². The van der Waals surface area contributed by atoms with Gasteiger partial charge in [-0.05, 0) is 24.6 Å². The molecule has 2 aliphatic heterocycles. The summed E-state index contributed by atoms with van der Waals surface area (Å²) in [6.45, 7) is 1.03. The summed E-state index contributed by atoms with van der Waals surface area (Å²) in [5, 5.41) is 7.10. The second-order valence-electron chi connectivity index (χ2n) is 5.49. The molecule has 0 aromatic heterocycles. The maximum Gasteiger partial charge on any atom is 0.136 e. The molecule has 17 heavy (non-hydrogen) atoms. The van der Waals surface area contributed by atoms with Gasteiger partial charge >= 0.3 is 0 Å². The highest BCUT2D eigenvalue weighted by atomic mass is 16.1. The van der Waals surface area contributed by atoms with Crippen molar-refractivity contribution in [1.82, 2.24) is 5.32 Å². The minimum atomic E-state index is 0.171. The largest absolute Gasteiger partial charge is 0.381 e. The highest BCUT2D eigenvalue weighted by molar-refractivity contribution is 5.84. The number of fused-ring (bicyclic) bond motifs is 1. The van der Waals surface area contributed by atoms with E-state index in [1.165, 1.54) is 11.3 Å². The van der Waals surface area contributed by atoms with E-state index in [1.54, 1.807) is 0 Å². The van der Waals surface area contributed by atoms with Crippen LogP contribution >= 0.6 is 0 Å². The van der Waals surface area contributed by atoms with Gasteiger partial charge in [-0.2, -0.15) is 0 Å². The Morgan fingerprint density at radius 1 is 1.18 bits per heavy atom. The van der Waals surface area contributed by atoms with Crippen LogP contribution in [-0.2, 0) is 10.2 Å². The zero-order valence-corrected chi connectivity index (χ0v) is 9.70. The van der Waals surface area contributed by atoms with Gasteiger partial charge in [-0.3, -0.25) is 4.79 Å². The van der Waals surface area contributed by atoms with Crippen LogP contribution in [0.3, 0.4) is 0 Å². The van der Waals surface area contributed by atoms with Crippen LogP contribution in [0.2, 0.25) is 0 Å². The number of carbonyl (C=O) groups is 1. The number of ketones is 1. The normalized spacial score (nSPS) is 38.2. The van der Waals surface area contributed by atoms with Crippen LogP contribution in [-0.4, -0.2) is 24.4 Å². The molecule has 1 saturated carbocycles. The summed E-state index contributed by atoms with van der Waals surface area (Å²) in [6, 6.07) is 9.20. The first-order valence-electron chi connectivity index (χ1n) is 6.42. The fourth-order valence-corrected chi connectivity index (χ4v) is 4.09.